The zero-order valence-electron chi connectivity index (χ0n) is 13.7. The van der Waals surface area contributed by atoms with E-state index in [1.807, 2.05) is 18.2 Å². The summed E-state index contributed by atoms with van der Waals surface area (Å²) in [5, 5.41) is 4.07. The predicted octanol–water partition coefficient (Wildman–Crippen LogP) is 4.58. The molecule has 6 heteroatoms. The molecule has 1 amide bonds. The normalized spacial score (nSPS) is 12.0. The minimum atomic E-state index is -0.976. The number of para-hydroxylation sites is 1. The number of rotatable bonds is 4. The van der Waals surface area contributed by atoms with Gasteiger partial charge in [0, 0.05) is 21.7 Å². The summed E-state index contributed by atoms with van der Waals surface area (Å²) in [7, 11) is 0. The van der Waals surface area contributed by atoms with Crippen molar-refractivity contribution < 1.29 is 18.7 Å². The molecule has 1 unspecified atom stereocenters. The van der Waals surface area contributed by atoms with Crippen molar-refractivity contribution in [1.29, 1.82) is 0 Å². The Labute approximate surface area is 149 Å². The fraction of sp³-hybridized carbons (Fsp3) is 0.158. The molecule has 1 atom stereocenters. The molecule has 0 aliphatic carbocycles. The molecule has 0 fully saturated rings. The van der Waals surface area contributed by atoms with Gasteiger partial charge in [0.25, 0.3) is 5.91 Å². The Morgan fingerprint density at radius 2 is 1.80 bits per heavy atom. The van der Waals surface area contributed by atoms with E-state index in [-0.39, 0.29) is 5.76 Å². The molecule has 3 aromatic rings. The highest BCUT2D eigenvalue weighted by molar-refractivity contribution is 6.30. The number of carbonyl (C=O) groups excluding carboxylic acids is 2. The van der Waals surface area contributed by atoms with Crippen LogP contribution in [0.3, 0.4) is 0 Å². The SMILES string of the molecule is Cc1c(C(=O)OC(C)C(=O)Nc2ccc(Cl)cc2)oc2ccccc12. The van der Waals surface area contributed by atoms with Crippen LogP contribution in [0.15, 0.2) is 52.9 Å². The van der Waals surface area contributed by atoms with Gasteiger partial charge < -0.3 is 14.5 Å². The second-order valence-corrected chi connectivity index (χ2v) is 6.03. The summed E-state index contributed by atoms with van der Waals surface area (Å²) >= 11 is 5.80. The first kappa shape index (κ1) is 17.0. The van der Waals surface area contributed by atoms with Gasteiger partial charge in [0.15, 0.2) is 6.10 Å². The third-order valence-corrected chi connectivity index (χ3v) is 4.05. The summed E-state index contributed by atoms with van der Waals surface area (Å²) in [6, 6.07) is 14.0. The van der Waals surface area contributed by atoms with Crippen LogP contribution >= 0.6 is 11.6 Å². The van der Waals surface area contributed by atoms with Crippen LogP contribution in [0.1, 0.15) is 23.0 Å². The topological polar surface area (TPSA) is 68.5 Å². The van der Waals surface area contributed by atoms with Crippen molar-refractivity contribution in [3.63, 3.8) is 0 Å². The van der Waals surface area contributed by atoms with Gasteiger partial charge in [-0.1, -0.05) is 29.8 Å². The van der Waals surface area contributed by atoms with Crippen LogP contribution in [-0.4, -0.2) is 18.0 Å². The smallest absolute Gasteiger partial charge is 0.375 e. The monoisotopic (exact) mass is 357 g/mol. The molecular formula is C19H16ClNO4. The second kappa shape index (κ2) is 6.99. The first-order chi connectivity index (χ1) is 12.0. The molecule has 1 N–H and O–H groups in total. The quantitative estimate of drug-likeness (QED) is 0.694. The summed E-state index contributed by atoms with van der Waals surface area (Å²) in [5.41, 5.74) is 1.85. The Kier molecular flexibility index (Phi) is 4.76. The average Bonchev–Trinajstić information content (AvgIpc) is 2.94. The molecule has 5 nitrogen and oxygen atoms in total. The minimum absolute atomic E-state index is 0.104. The zero-order chi connectivity index (χ0) is 18.0. The lowest BCUT2D eigenvalue weighted by atomic mass is 10.1. The van der Waals surface area contributed by atoms with E-state index in [2.05, 4.69) is 5.32 Å². The largest absolute Gasteiger partial charge is 0.449 e. The number of nitrogens with one attached hydrogen (secondary N) is 1. The summed E-state index contributed by atoms with van der Waals surface area (Å²) < 4.78 is 10.8. The summed E-state index contributed by atoms with van der Waals surface area (Å²) in [6.45, 7) is 3.28. The van der Waals surface area contributed by atoms with Crippen molar-refractivity contribution in [1.82, 2.24) is 0 Å². The van der Waals surface area contributed by atoms with E-state index >= 15 is 0 Å². The number of furan rings is 1. The number of carbonyl (C=O) groups is 2. The van der Waals surface area contributed by atoms with Gasteiger partial charge in [-0.2, -0.15) is 0 Å². The number of hydrogen-bond acceptors (Lipinski definition) is 4. The number of hydrogen-bond donors (Lipinski definition) is 1. The Morgan fingerprint density at radius 1 is 1.12 bits per heavy atom. The van der Waals surface area contributed by atoms with Gasteiger partial charge in [0.2, 0.25) is 5.76 Å². The lowest BCUT2D eigenvalue weighted by Gasteiger charge is -2.13. The maximum Gasteiger partial charge on any atom is 0.375 e. The lowest BCUT2D eigenvalue weighted by Crippen LogP contribution is -2.30. The van der Waals surface area contributed by atoms with E-state index in [4.69, 9.17) is 20.8 Å². The molecule has 0 aliphatic heterocycles. The molecule has 25 heavy (non-hydrogen) atoms. The van der Waals surface area contributed by atoms with Crippen LogP contribution in [0.25, 0.3) is 11.0 Å². The summed E-state index contributed by atoms with van der Waals surface area (Å²) in [5.74, 6) is -1.01. The van der Waals surface area contributed by atoms with E-state index < -0.39 is 18.0 Å². The molecule has 0 spiro atoms. The van der Waals surface area contributed by atoms with Gasteiger partial charge in [-0.05, 0) is 44.2 Å². The minimum Gasteiger partial charge on any atom is -0.449 e. The van der Waals surface area contributed by atoms with Crippen molar-refractivity contribution in [3.8, 4) is 0 Å². The van der Waals surface area contributed by atoms with Crippen molar-refractivity contribution >= 4 is 40.1 Å². The van der Waals surface area contributed by atoms with Crippen LogP contribution in [0.2, 0.25) is 5.02 Å². The van der Waals surface area contributed by atoms with Crippen molar-refractivity contribution in [3.05, 3.63) is 64.9 Å². The Hall–Kier alpha value is -2.79. The van der Waals surface area contributed by atoms with Gasteiger partial charge >= 0.3 is 5.97 Å². The molecule has 0 aliphatic rings. The van der Waals surface area contributed by atoms with E-state index in [0.717, 1.165) is 5.39 Å². The molecule has 0 saturated carbocycles. The van der Waals surface area contributed by atoms with E-state index in [1.165, 1.54) is 6.92 Å². The van der Waals surface area contributed by atoms with Gasteiger partial charge in [-0.15, -0.1) is 0 Å². The number of amides is 1. The standard InChI is InChI=1S/C19H16ClNO4/c1-11-15-5-3-4-6-16(15)25-17(11)19(23)24-12(2)18(22)21-14-9-7-13(20)8-10-14/h3-10,12H,1-2H3,(H,21,22). The van der Waals surface area contributed by atoms with Crippen LogP contribution in [0.4, 0.5) is 5.69 Å². The molecule has 3 rings (SSSR count). The molecular weight excluding hydrogens is 342 g/mol. The fourth-order valence-electron chi connectivity index (χ4n) is 2.41. The van der Waals surface area contributed by atoms with Crippen LogP contribution in [0, 0.1) is 6.92 Å². The first-order valence-corrected chi connectivity index (χ1v) is 8.09. The van der Waals surface area contributed by atoms with E-state index in [9.17, 15) is 9.59 Å². The third kappa shape index (κ3) is 3.67. The number of benzene rings is 2. The van der Waals surface area contributed by atoms with E-state index in [1.54, 1.807) is 37.3 Å². The zero-order valence-corrected chi connectivity index (χ0v) is 14.5. The second-order valence-electron chi connectivity index (χ2n) is 5.60. The highest BCUT2D eigenvalue weighted by atomic mass is 35.5. The number of aryl methyl sites for hydroxylation is 1. The molecule has 0 saturated heterocycles. The fourth-order valence-corrected chi connectivity index (χ4v) is 2.54. The highest BCUT2D eigenvalue weighted by Gasteiger charge is 2.24. The lowest BCUT2D eigenvalue weighted by molar-refractivity contribution is -0.123. The number of fused-ring (bicyclic) bond motifs is 1. The predicted molar refractivity (Wildman–Crippen MR) is 95.9 cm³/mol. The highest BCUT2D eigenvalue weighted by Crippen LogP contribution is 2.25. The maximum absolute atomic E-state index is 12.3. The molecule has 128 valence electrons. The van der Waals surface area contributed by atoms with Gasteiger partial charge in [-0.25, -0.2) is 4.79 Å². The number of anilines is 1. The molecule has 2 aromatic carbocycles. The molecule has 0 bridgehead atoms. The number of esters is 1. The van der Waals surface area contributed by atoms with Gasteiger partial charge in [0.05, 0.1) is 0 Å². The number of ether oxygens (including phenoxy) is 1. The maximum atomic E-state index is 12.3. The van der Waals surface area contributed by atoms with E-state index in [0.29, 0.717) is 21.9 Å². The number of halogens is 1. The first-order valence-electron chi connectivity index (χ1n) is 7.71. The van der Waals surface area contributed by atoms with Gasteiger partial charge in [-0.3, -0.25) is 4.79 Å². The Balaban J connectivity index is 1.69. The summed E-state index contributed by atoms with van der Waals surface area (Å²) in [4.78, 5) is 24.5. The van der Waals surface area contributed by atoms with Gasteiger partial charge in [0.1, 0.15) is 5.58 Å². The van der Waals surface area contributed by atoms with Crippen LogP contribution in [0.5, 0.6) is 0 Å². The molecule has 1 aromatic heterocycles. The average molecular weight is 358 g/mol. The third-order valence-electron chi connectivity index (χ3n) is 3.79. The van der Waals surface area contributed by atoms with Crippen LogP contribution < -0.4 is 5.32 Å². The molecule has 0 radical (unpaired) electrons. The van der Waals surface area contributed by atoms with Crippen molar-refractivity contribution in [2.45, 2.75) is 20.0 Å². The van der Waals surface area contributed by atoms with Crippen molar-refractivity contribution in [2.24, 2.45) is 0 Å². The summed E-state index contributed by atoms with van der Waals surface area (Å²) in [6.07, 6.45) is -0.976. The molecule has 1 heterocycles. The van der Waals surface area contributed by atoms with Crippen LogP contribution in [-0.2, 0) is 9.53 Å². The Morgan fingerprint density at radius 3 is 2.48 bits per heavy atom. The van der Waals surface area contributed by atoms with Crippen molar-refractivity contribution in [2.75, 3.05) is 5.32 Å². The Bertz CT molecular complexity index is 930.